The molecule has 0 aliphatic carbocycles. The van der Waals surface area contributed by atoms with Crippen LogP contribution in [0.4, 0.5) is 5.69 Å². The maximum absolute atomic E-state index is 5.22. The average molecular weight is 362 g/mol. The molecule has 0 amide bonds. The standard InChI is InChI=1S/C13H19IN2S/c1-2-3-4-5-10-15-13(17)16-12-8-6-11(14)7-9-12/h6-9H,2-5,10H2,1H3,(H2,15,16,17). The second-order valence-corrected chi connectivity index (χ2v) is 5.60. The number of hydrogen-bond acceptors (Lipinski definition) is 1. The molecule has 1 aromatic carbocycles. The van der Waals surface area contributed by atoms with E-state index in [9.17, 15) is 0 Å². The monoisotopic (exact) mass is 362 g/mol. The molecule has 17 heavy (non-hydrogen) atoms. The van der Waals surface area contributed by atoms with E-state index in [1.807, 2.05) is 12.1 Å². The summed E-state index contributed by atoms with van der Waals surface area (Å²) in [6, 6.07) is 8.19. The van der Waals surface area contributed by atoms with Crippen LogP contribution in [-0.2, 0) is 0 Å². The van der Waals surface area contributed by atoms with Crippen LogP contribution in [0.1, 0.15) is 32.6 Å². The van der Waals surface area contributed by atoms with E-state index in [2.05, 4.69) is 52.3 Å². The third kappa shape index (κ3) is 6.83. The van der Waals surface area contributed by atoms with Gasteiger partial charge in [0.05, 0.1) is 0 Å². The molecule has 94 valence electrons. The van der Waals surface area contributed by atoms with Gasteiger partial charge in [-0.3, -0.25) is 0 Å². The Kier molecular flexibility index (Phi) is 7.51. The molecule has 0 bridgehead atoms. The molecule has 0 aromatic heterocycles. The molecule has 0 spiro atoms. The molecule has 2 N–H and O–H groups in total. The van der Waals surface area contributed by atoms with Crippen LogP contribution < -0.4 is 10.6 Å². The first kappa shape index (κ1) is 14.7. The van der Waals surface area contributed by atoms with Crippen molar-refractivity contribution in [1.82, 2.24) is 5.32 Å². The molecular formula is C13H19IN2S. The predicted molar refractivity (Wildman–Crippen MR) is 87.5 cm³/mol. The zero-order valence-corrected chi connectivity index (χ0v) is 13.1. The molecule has 0 saturated heterocycles. The number of benzene rings is 1. The number of hydrogen-bond donors (Lipinski definition) is 2. The Morgan fingerprint density at radius 1 is 1.18 bits per heavy atom. The van der Waals surface area contributed by atoms with Gasteiger partial charge in [-0.2, -0.15) is 0 Å². The molecule has 2 nitrogen and oxygen atoms in total. The fourth-order valence-corrected chi connectivity index (χ4v) is 2.04. The molecule has 0 saturated carbocycles. The number of halogens is 1. The highest BCUT2D eigenvalue weighted by atomic mass is 127. The first-order valence-electron chi connectivity index (χ1n) is 6.03. The summed E-state index contributed by atoms with van der Waals surface area (Å²) in [5, 5.41) is 7.11. The van der Waals surface area contributed by atoms with Crippen molar-refractivity contribution in [3.05, 3.63) is 27.8 Å². The Morgan fingerprint density at radius 2 is 1.88 bits per heavy atom. The minimum Gasteiger partial charge on any atom is -0.362 e. The molecule has 1 aromatic rings. The largest absolute Gasteiger partial charge is 0.362 e. The summed E-state index contributed by atoms with van der Waals surface area (Å²) < 4.78 is 1.23. The first-order chi connectivity index (χ1) is 8.22. The van der Waals surface area contributed by atoms with Gasteiger partial charge in [-0.05, 0) is 65.5 Å². The van der Waals surface area contributed by atoms with Gasteiger partial charge in [0, 0.05) is 15.8 Å². The zero-order valence-electron chi connectivity index (χ0n) is 10.1. The van der Waals surface area contributed by atoms with Crippen LogP contribution in [0.25, 0.3) is 0 Å². The smallest absolute Gasteiger partial charge is 0.170 e. The third-order valence-electron chi connectivity index (χ3n) is 2.42. The maximum atomic E-state index is 5.22. The fourth-order valence-electron chi connectivity index (χ4n) is 1.46. The number of thiocarbonyl (C=S) groups is 1. The summed E-state index contributed by atoms with van der Waals surface area (Å²) in [5.74, 6) is 0. The van der Waals surface area contributed by atoms with Gasteiger partial charge in [0.15, 0.2) is 5.11 Å². The normalized spacial score (nSPS) is 10.0. The van der Waals surface area contributed by atoms with Crippen molar-refractivity contribution in [3.8, 4) is 0 Å². The molecule has 0 aliphatic heterocycles. The highest BCUT2D eigenvalue weighted by Gasteiger charge is 1.96. The van der Waals surface area contributed by atoms with E-state index in [0.29, 0.717) is 5.11 Å². The Morgan fingerprint density at radius 3 is 2.53 bits per heavy atom. The van der Waals surface area contributed by atoms with Gasteiger partial charge >= 0.3 is 0 Å². The fraction of sp³-hybridized carbons (Fsp3) is 0.462. The number of unbranched alkanes of at least 4 members (excludes halogenated alkanes) is 3. The van der Waals surface area contributed by atoms with Gasteiger partial charge in [-0.15, -0.1) is 0 Å². The lowest BCUT2D eigenvalue weighted by Crippen LogP contribution is -2.29. The highest BCUT2D eigenvalue weighted by Crippen LogP contribution is 2.10. The molecule has 4 heteroatoms. The van der Waals surface area contributed by atoms with Crippen LogP contribution in [0.15, 0.2) is 24.3 Å². The van der Waals surface area contributed by atoms with Crippen LogP contribution >= 0.6 is 34.8 Å². The van der Waals surface area contributed by atoms with Crippen molar-refractivity contribution in [2.45, 2.75) is 32.6 Å². The molecule has 0 atom stereocenters. The van der Waals surface area contributed by atoms with E-state index < -0.39 is 0 Å². The van der Waals surface area contributed by atoms with Crippen molar-refractivity contribution in [1.29, 1.82) is 0 Å². The van der Waals surface area contributed by atoms with Crippen LogP contribution in [0.5, 0.6) is 0 Å². The quantitative estimate of drug-likeness (QED) is 0.452. The van der Waals surface area contributed by atoms with Gasteiger partial charge in [0.25, 0.3) is 0 Å². The summed E-state index contributed by atoms with van der Waals surface area (Å²) in [7, 11) is 0. The second-order valence-electron chi connectivity index (χ2n) is 3.95. The van der Waals surface area contributed by atoms with Gasteiger partial charge < -0.3 is 10.6 Å². The summed E-state index contributed by atoms with van der Waals surface area (Å²) in [6.07, 6.45) is 5.03. The molecule has 0 aliphatic rings. The lowest BCUT2D eigenvalue weighted by atomic mass is 10.2. The third-order valence-corrected chi connectivity index (χ3v) is 3.38. The lowest BCUT2D eigenvalue weighted by Gasteiger charge is -2.10. The van der Waals surface area contributed by atoms with E-state index in [4.69, 9.17) is 12.2 Å². The van der Waals surface area contributed by atoms with E-state index >= 15 is 0 Å². The minimum atomic E-state index is 0.711. The Labute approximate surface area is 123 Å². The topological polar surface area (TPSA) is 24.1 Å². The van der Waals surface area contributed by atoms with E-state index in [0.717, 1.165) is 12.2 Å². The zero-order chi connectivity index (χ0) is 12.5. The van der Waals surface area contributed by atoms with Gasteiger partial charge in [-0.25, -0.2) is 0 Å². The summed E-state index contributed by atoms with van der Waals surface area (Å²) in [5.41, 5.74) is 1.04. The van der Waals surface area contributed by atoms with Crippen LogP contribution in [0.2, 0.25) is 0 Å². The molecular weight excluding hydrogens is 343 g/mol. The van der Waals surface area contributed by atoms with Crippen molar-refractivity contribution in [2.75, 3.05) is 11.9 Å². The molecule has 0 heterocycles. The average Bonchev–Trinajstić information content (AvgIpc) is 2.32. The SMILES string of the molecule is CCCCCCNC(=S)Nc1ccc(I)cc1. The minimum absolute atomic E-state index is 0.711. The molecule has 1 rings (SSSR count). The van der Waals surface area contributed by atoms with Crippen LogP contribution in [0, 0.1) is 3.57 Å². The number of nitrogens with one attached hydrogen (secondary N) is 2. The van der Waals surface area contributed by atoms with Crippen molar-refractivity contribution in [3.63, 3.8) is 0 Å². The predicted octanol–water partition coefficient (Wildman–Crippen LogP) is 4.16. The Bertz CT molecular complexity index is 338. The van der Waals surface area contributed by atoms with Crippen LogP contribution in [-0.4, -0.2) is 11.7 Å². The number of rotatable bonds is 6. The highest BCUT2D eigenvalue weighted by molar-refractivity contribution is 14.1. The van der Waals surface area contributed by atoms with Crippen LogP contribution in [0.3, 0.4) is 0 Å². The van der Waals surface area contributed by atoms with E-state index in [1.165, 1.54) is 29.3 Å². The van der Waals surface area contributed by atoms with Crippen molar-refractivity contribution in [2.24, 2.45) is 0 Å². The lowest BCUT2D eigenvalue weighted by molar-refractivity contribution is 0.655. The first-order valence-corrected chi connectivity index (χ1v) is 7.51. The summed E-state index contributed by atoms with van der Waals surface area (Å²) >= 11 is 7.51. The Hall–Kier alpha value is -0.360. The van der Waals surface area contributed by atoms with E-state index in [1.54, 1.807) is 0 Å². The van der Waals surface area contributed by atoms with Gasteiger partial charge in [0.1, 0.15) is 0 Å². The van der Waals surface area contributed by atoms with Gasteiger partial charge in [-0.1, -0.05) is 26.2 Å². The summed E-state index contributed by atoms with van der Waals surface area (Å²) in [4.78, 5) is 0. The van der Waals surface area contributed by atoms with E-state index in [-0.39, 0.29) is 0 Å². The van der Waals surface area contributed by atoms with Crippen molar-refractivity contribution >= 4 is 45.6 Å². The summed E-state index contributed by atoms with van der Waals surface area (Å²) in [6.45, 7) is 3.17. The molecule has 0 unspecified atom stereocenters. The molecule has 0 radical (unpaired) electrons. The second kappa shape index (κ2) is 8.69. The van der Waals surface area contributed by atoms with Crippen molar-refractivity contribution < 1.29 is 0 Å². The maximum Gasteiger partial charge on any atom is 0.170 e. The number of anilines is 1. The van der Waals surface area contributed by atoms with Gasteiger partial charge in [0.2, 0.25) is 0 Å². The molecule has 0 fully saturated rings. The Balaban J connectivity index is 2.18.